The average Bonchev–Trinajstić information content (AvgIpc) is 3.19. The predicted molar refractivity (Wildman–Crippen MR) is 118 cm³/mol. The van der Waals surface area contributed by atoms with Crippen molar-refractivity contribution in [2.24, 2.45) is 0 Å². The van der Waals surface area contributed by atoms with E-state index in [0.29, 0.717) is 22.1 Å². The van der Waals surface area contributed by atoms with E-state index in [1.54, 1.807) is 11.3 Å². The second-order valence-corrected chi connectivity index (χ2v) is 10.6. The van der Waals surface area contributed by atoms with Gasteiger partial charge in [0.25, 0.3) is 5.56 Å². The summed E-state index contributed by atoms with van der Waals surface area (Å²) < 4.78 is 0. The Labute approximate surface area is 175 Å². The minimum Gasteiger partial charge on any atom is -0.309 e. The number of fused-ring (bicyclic) bond motifs is 2. The van der Waals surface area contributed by atoms with Crippen molar-refractivity contribution < 1.29 is 4.79 Å². The highest BCUT2D eigenvalue weighted by atomic mass is 32.2. The van der Waals surface area contributed by atoms with Gasteiger partial charge in [-0.1, -0.05) is 0 Å². The Balaban J connectivity index is 1.40. The number of aryl methyl sites for hydroxylation is 4. The van der Waals surface area contributed by atoms with Crippen LogP contribution in [0.3, 0.4) is 0 Å². The maximum atomic E-state index is 12.5. The van der Waals surface area contributed by atoms with Crippen LogP contribution >= 0.6 is 34.4 Å². The lowest BCUT2D eigenvalue weighted by molar-refractivity contribution is -0.115. The molecule has 4 rings (SSSR count). The summed E-state index contributed by atoms with van der Waals surface area (Å²) in [6.07, 6.45) is 4.45. The molecule has 0 unspecified atom stereocenters. The van der Waals surface area contributed by atoms with Crippen molar-refractivity contribution in [3.8, 4) is 0 Å². The van der Waals surface area contributed by atoms with Gasteiger partial charge in [-0.2, -0.15) is 0 Å². The zero-order valence-corrected chi connectivity index (χ0v) is 18.5. The van der Waals surface area contributed by atoms with E-state index in [2.05, 4.69) is 20.3 Å². The Morgan fingerprint density at radius 1 is 1.25 bits per heavy atom. The predicted octanol–water partition coefficient (Wildman–Crippen LogP) is 4.20. The molecule has 3 heterocycles. The first kappa shape index (κ1) is 19.6. The largest absolute Gasteiger partial charge is 0.309 e. The maximum absolute atomic E-state index is 12.5. The number of thiophene rings is 1. The number of carbonyl (C=O) groups is 1. The van der Waals surface area contributed by atoms with Gasteiger partial charge in [0.05, 0.1) is 22.1 Å². The number of rotatable bonds is 5. The first-order chi connectivity index (χ1) is 13.4. The smallest absolute Gasteiger partial charge is 0.259 e. The molecule has 0 bridgehead atoms. The molecule has 0 aromatic carbocycles. The lowest BCUT2D eigenvalue weighted by atomic mass is 10.0. The quantitative estimate of drug-likeness (QED) is 0.628. The summed E-state index contributed by atoms with van der Waals surface area (Å²) in [4.78, 5) is 40.1. The van der Waals surface area contributed by atoms with E-state index in [0.717, 1.165) is 33.8 Å². The maximum Gasteiger partial charge on any atom is 0.259 e. The first-order valence-electron chi connectivity index (χ1n) is 9.32. The molecule has 1 amide bonds. The topological polar surface area (TPSA) is 87.7 Å². The number of anilines is 1. The van der Waals surface area contributed by atoms with E-state index in [1.165, 1.54) is 40.8 Å². The molecule has 6 nitrogen and oxygen atoms in total. The minimum absolute atomic E-state index is 0.0673. The van der Waals surface area contributed by atoms with Crippen LogP contribution in [0, 0.1) is 13.8 Å². The van der Waals surface area contributed by atoms with Gasteiger partial charge < -0.3 is 10.3 Å². The van der Waals surface area contributed by atoms with Crippen LogP contribution in [-0.4, -0.2) is 26.1 Å². The highest BCUT2D eigenvalue weighted by Gasteiger charge is 2.20. The molecule has 0 spiro atoms. The second-order valence-electron chi connectivity index (χ2n) is 7.01. The number of H-pyrrole nitrogens is 1. The fourth-order valence-corrected chi connectivity index (χ4v) is 6.12. The first-order valence-corrected chi connectivity index (χ1v) is 12.0. The Hall–Kier alpha value is -1.71. The number of hydrogen-bond donors (Lipinski definition) is 2. The van der Waals surface area contributed by atoms with Crippen molar-refractivity contribution in [1.82, 2.24) is 15.0 Å². The third kappa shape index (κ3) is 3.88. The number of hydrogen-bond acceptors (Lipinski definition) is 7. The highest BCUT2D eigenvalue weighted by Crippen LogP contribution is 2.30. The van der Waals surface area contributed by atoms with Gasteiger partial charge in [-0.15, -0.1) is 34.4 Å². The van der Waals surface area contributed by atoms with Gasteiger partial charge in [-0.25, -0.2) is 9.97 Å². The minimum atomic E-state index is -0.270. The Morgan fingerprint density at radius 3 is 2.82 bits per heavy atom. The molecule has 0 radical (unpaired) electrons. The van der Waals surface area contributed by atoms with Crippen LogP contribution in [0.5, 0.6) is 0 Å². The molecule has 0 aliphatic heterocycles. The van der Waals surface area contributed by atoms with E-state index in [1.807, 2.05) is 20.8 Å². The van der Waals surface area contributed by atoms with Gasteiger partial charge in [-0.3, -0.25) is 9.59 Å². The van der Waals surface area contributed by atoms with Crippen molar-refractivity contribution in [2.75, 3.05) is 5.32 Å². The van der Waals surface area contributed by atoms with E-state index in [-0.39, 0.29) is 16.7 Å². The zero-order valence-electron chi connectivity index (χ0n) is 16.0. The molecular formula is C19H22N4O2S3. The van der Waals surface area contributed by atoms with Crippen molar-refractivity contribution in [3.05, 3.63) is 37.2 Å². The summed E-state index contributed by atoms with van der Waals surface area (Å²) in [6, 6.07) is 0. The van der Waals surface area contributed by atoms with Crippen LogP contribution in [0.2, 0.25) is 0 Å². The number of aromatic amines is 1. The lowest BCUT2D eigenvalue weighted by Crippen LogP contribution is -2.23. The summed E-state index contributed by atoms with van der Waals surface area (Å²) in [5, 5.41) is 4.05. The standard InChI is InChI=1S/C19H22N4O2S3/c1-9-10(2)27-18-15(9)17(25)21-14(22-18)8-26-11(3)16(24)23-19-20-12-6-4-5-7-13(12)28-19/h11H,4-8H2,1-3H3,(H,20,23,24)(H,21,22,25)/t11-/m0/s1. The third-order valence-corrected chi connectivity index (χ3v) is 8.33. The molecule has 0 fully saturated rings. The van der Waals surface area contributed by atoms with Crippen molar-refractivity contribution in [1.29, 1.82) is 0 Å². The van der Waals surface area contributed by atoms with Crippen LogP contribution in [0.1, 0.15) is 46.6 Å². The molecule has 3 aromatic rings. The van der Waals surface area contributed by atoms with Gasteiger partial charge in [0.15, 0.2) is 5.13 Å². The number of amides is 1. The molecule has 0 saturated heterocycles. The Bertz CT molecular complexity index is 1080. The Kier molecular flexibility index (Phi) is 5.57. The van der Waals surface area contributed by atoms with Crippen molar-refractivity contribution in [2.45, 2.75) is 57.5 Å². The molecule has 1 atom stereocenters. The van der Waals surface area contributed by atoms with Gasteiger partial charge in [-0.05, 0) is 52.0 Å². The molecule has 0 saturated carbocycles. The monoisotopic (exact) mass is 434 g/mol. The normalized spacial score (nSPS) is 14.8. The SMILES string of the molecule is Cc1sc2nc(CS[C@@H](C)C(=O)Nc3nc4c(s3)CCCC4)[nH]c(=O)c2c1C. The average molecular weight is 435 g/mol. The van der Waals surface area contributed by atoms with E-state index >= 15 is 0 Å². The van der Waals surface area contributed by atoms with Crippen molar-refractivity contribution >= 4 is 55.7 Å². The molecule has 28 heavy (non-hydrogen) atoms. The summed E-state index contributed by atoms with van der Waals surface area (Å²) >= 11 is 4.58. The van der Waals surface area contributed by atoms with Crippen LogP contribution in [-0.2, 0) is 23.4 Å². The number of carbonyl (C=O) groups excluding carboxylic acids is 1. The molecular weight excluding hydrogens is 412 g/mol. The number of nitrogens with one attached hydrogen (secondary N) is 2. The van der Waals surface area contributed by atoms with Crippen LogP contribution in [0.15, 0.2) is 4.79 Å². The summed E-state index contributed by atoms with van der Waals surface area (Å²) in [7, 11) is 0. The molecule has 1 aliphatic carbocycles. The van der Waals surface area contributed by atoms with Crippen molar-refractivity contribution in [3.63, 3.8) is 0 Å². The highest BCUT2D eigenvalue weighted by molar-refractivity contribution is 7.99. The number of thioether (sulfide) groups is 1. The fraction of sp³-hybridized carbons (Fsp3) is 0.474. The molecule has 9 heteroatoms. The molecule has 2 N–H and O–H groups in total. The van der Waals surface area contributed by atoms with E-state index < -0.39 is 0 Å². The summed E-state index contributed by atoms with van der Waals surface area (Å²) in [6.45, 7) is 5.81. The Morgan fingerprint density at radius 2 is 2.04 bits per heavy atom. The van der Waals surface area contributed by atoms with E-state index in [4.69, 9.17) is 0 Å². The van der Waals surface area contributed by atoms with Gasteiger partial charge >= 0.3 is 0 Å². The third-order valence-electron chi connectivity index (χ3n) is 5.00. The number of nitrogens with zero attached hydrogens (tertiary/aromatic N) is 2. The van der Waals surface area contributed by atoms with Gasteiger partial charge in [0.1, 0.15) is 10.7 Å². The summed E-state index contributed by atoms with van der Waals surface area (Å²) in [5.41, 5.74) is 2.03. The van der Waals surface area contributed by atoms with E-state index in [9.17, 15) is 9.59 Å². The fourth-order valence-electron chi connectivity index (χ4n) is 3.26. The number of thiazole rings is 1. The second kappa shape index (κ2) is 7.96. The lowest BCUT2D eigenvalue weighted by Gasteiger charge is -2.10. The molecule has 3 aromatic heterocycles. The summed E-state index contributed by atoms with van der Waals surface area (Å²) in [5.74, 6) is 1.01. The number of aromatic nitrogens is 3. The van der Waals surface area contributed by atoms with Gasteiger partial charge in [0, 0.05) is 9.75 Å². The van der Waals surface area contributed by atoms with Crippen LogP contribution in [0.4, 0.5) is 5.13 Å². The van der Waals surface area contributed by atoms with Crippen LogP contribution < -0.4 is 10.9 Å². The van der Waals surface area contributed by atoms with Crippen LogP contribution in [0.25, 0.3) is 10.2 Å². The van der Waals surface area contributed by atoms with Gasteiger partial charge in [0.2, 0.25) is 5.91 Å². The molecule has 148 valence electrons. The zero-order chi connectivity index (χ0) is 19.8. The molecule has 1 aliphatic rings.